The van der Waals surface area contributed by atoms with Crippen molar-refractivity contribution in [3.8, 4) is 0 Å². The largest absolute Gasteiger partial charge is 0.395 e. The zero-order chi connectivity index (χ0) is 13.1. The molecule has 7 heteroatoms. The lowest BCUT2D eigenvalue weighted by atomic mass is 10.3. The second-order valence-corrected chi connectivity index (χ2v) is 5.93. The molecule has 0 amide bonds. The van der Waals surface area contributed by atoms with E-state index in [0.29, 0.717) is 6.42 Å². The second-order valence-electron chi connectivity index (χ2n) is 3.46. The average molecular weight is 298 g/mol. The van der Waals surface area contributed by atoms with Crippen molar-refractivity contribution in [1.29, 1.82) is 0 Å². The van der Waals surface area contributed by atoms with Crippen LogP contribution in [0.15, 0.2) is 23.1 Å². The highest BCUT2D eigenvalue weighted by atomic mass is 35.5. The topological polar surface area (TPSA) is 66.4 Å². The fraction of sp³-hybridized carbons (Fsp3) is 0.400. The molecule has 0 fully saturated rings. The van der Waals surface area contributed by atoms with E-state index >= 15 is 0 Å². The van der Waals surface area contributed by atoms with Gasteiger partial charge in [0.25, 0.3) is 0 Å². The standard InChI is InChI=1S/C10H13Cl2NO3S/c1-2-7(6-14)13-17(15,16)9-5-3-4-8(11)10(9)12/h3-5,7,13-14H,2,6H2,1H3. The number of nitrogens with one attached hydrogen (secondary N) is 1. The molecule has 0 bridgehead atoms. The quantitative estimate of drug-likeness (QED) is 0.874. The molecular weight excluding hydrogens is 285 g/mol. The van der Waals surface area contributed by atoms with Crippen LogP contribution in [0.3, 0.4) is 0 Å². The van der Waals surface area contributed by atoms with Crippen LogP contribution in [0.5, 0.6) is 0 Å². The molecule has 0 radical (unpaired) electrons. The minimum Gasteiger partial charge on any atom is -0.395 e. The Hall–Kier alpha value is -0.330. The Labute approximate surface area is 111 Å². The van der Waals surface area contributed by atoms with Crippen LogP contribution in [0.4, 0.5) is 0 Å². The van der Waals surface area contributed by atoms with Crippen LogP contribution >= 0.6 is 23.2 Å². The summed E-state index contributed by atoms with van der Waals surface area (Å²) < 4.78 is 26.3. The molecule has 17 heavy (non-hydrogen) atoms. The molecule has 0 heterocycles. The van der Waals surface area contributed by atoms with E-state index in [9.17, 15) is 8.42 Å². The van der Waals surface area contributed by atoms with Crippen LogP contribution in [0, 0.1) is 0 Å². The van der Waals surface area contributed by atoms with Crippen molar-refractivity contribution in [2.24, 2.45) is 0 Å². The fourth-order valence-corrected chi connectivity index (χ4v) is 3.30. The molecule has 2 N–H and O–H groups in total. The van der Waals surface area contributed by atoms with Gasteiger partial charge in [0.1, 0.15) is 4.90 Å². The van der Waals surface area contributed by atoms with Crippen molar-refractivity contribution < 1.29 is 13.5 Å². The van der Waals surface area contributed by atoms with Crippen molar-refractivity contribution in [3.63, 3.8) is 0 Å². The molecule has 0 aromatic heterocycles. The highest BCUT2D eigenvalue weighted by Gasteiger charge is 2.22. The van der Waals surface area contributed by atoms with E-state index in [1.165, 1.54) is 18.2 Å². The summed E-state index contributed by atoms with van der Waals surface area (Å²) in [6.45, 7) is 1.50. The lowest BCUT2D eigenvalue weighted by molar-refractivity contribution is 0.254. The third-order valence-electron chi connectivity index (χ3n) is 2.24. The van der Waals surface area contributed by atoms with Crippen molar-refractivity contribution in [2.45, 2.75) is 24.3 Å². The van der Waals surface area contributed by atoms with Gasteiger partial charge >= 0.3 is 0 Å². The molecule has 1 rings (SSSR count). The molecule has 1 aromatic rings. The Balaban J connectivity index is 3.09. The number of aliphatic hydroxyl groups is 1. The molecule has 0 saturated carbocycles. The summed E-state index contributed by atoms with van der Waals surface area (Å²) in [7, 11) is -3.76. The predicted octanol–water partition coefficient (Wildman–Crippen LogP) is 2.04. The zero-order valence-corrected chi connectivity index (χ0v) is 11.5. The molecular formula is C10H13Cl2NO3S. The Morgan fingerprint density at radius 2 is 2.06 bits per heavy atom. The van der Waals surface area contributed by atoms with E-state index in [-0.39, 0.29) is 21.5 Å². The Kier molecular flexibility index (Phi) is 5.22. The van der Waals surface area contributed by atoms with Gasteiger partial charge in [0.2, 0.25) is 10.0 Å². The normalized spacial score (nSPS) is 13.6. The lowest BCUT2D eigenvalue weighted by Gasteiger charge is -2.15. The van der Waals surface area contributed by atoms with Gasteiger partial charge in [-0.3, -0.25) is 0 Å². The molecule has 1 unspecified atom stereocenters. The van der Waals surface area contributed by atoms with Gasteiger partial charge in [0, 0.05) is 6.04 Å². The zero-order valence-electron chi connectivity index (χ0n) is 9.15. The maximum atomic E-state index is 12.0. The van der Waals surface area contributed by atoms with Crippen LogP contribution in [-0.2, 0) is 10.0 Å². The van der Waals surface area contributed by atoms with Gasteiger partial charge in [-0.15, -0.1) is 0 Å². The highest BCUT2D eigenvalue weighted by molar-refractivity contribution is 7.89. The monoisotopic (exact) mass is 297 g/mol. The molecule has 0 aliphatic heterocycles. The van der Waals surface area contributed by atoms with E-state index in [1.54, 1.807) is 6.92 Å². The number of sulfonamides is 1. The predicted molar refractivity (Wildman–Crippen MR) is 67.9 cm³/mol. The van der Waals surface area contributed by atoms with E-state index in [0.717, 1.165) is 0 Å². The molecule has 1 atom stereocenters. The van der Waals surface area contributed by atoms with E-state index in [1.807, 2.05) is 0 Å². The first-order valence-electron chi connectivity index (χ1n) is 4.99. The smallest absolute Gasteiger partial charge is 0.242 e. The molecule has 0 aliphatic rings. The van der Waals surface area contributed by atoms with E-state index in [4.69, 9.17) is 28.3 Å². The third kappa shape index (κ3) is 3.56. The van der Waals surface area contributed by atoms with E-state index in [2.05, 4.69) is 4.72 Å². The molecule has 0 aliphatic carbocycles. The minimum absolute atomic E-state index is 0.0190. The number of rotatable bonds is 5. The molecule has 96 valence electrons. The van der Waals surface area contributed by atoms with Crippen LogP contribution in [0.1, 0.15) is 13.3 Å². The van der Waals surface area contributed by atoms with Gasteiger partial charge < -0.3 is 5.11 Å². The first-order chi connectivity index (χ1) is 7.92. The van der Waals surface area contributed by atoms with Crippen molar-refractivity contribution in [2.75, 3.05) is 6.61 Å². The number of halogens is 2. The Bertz CT molecular complexity index is 486. The summed E-state index contributed by atoms with van der Waals surface area (Å²) >= 11 is 11.6. The molecule has 0 spiro atoms. The maximum Gasteiger partial charge on any atom is 0.242 e. The molecule has 1 aromatic carbocycles. The number of benzene rings is 1. The van der Waals surface area contributed by atoms with Gasteiger partial charge in [-0.25, -0.2) is 13.1 Å². The van der Waals surface area contributed by atoms with Gasteiger partial charge in [-0.2, -0.15) is 0 Å². The van der Waals surface area contributed by atoms with Crippen molar-refractivity contribution in [3.05, 3.63) is 28.2 Å². The fourth-order valence-electron chi connectivity index (χ4n) is 1.22. The van der Waals surface area contributed by atoms with Crippen LogP contribution in [0.2, 0.25) is 10.0 Å². The van der Waals surface area contributed by atoms with Crippen molar-refractivity contribution in [1.82, 2.24) is 4.72 Å². The van der Waals surface area contributed by atoms with Crippen LogP contribution in [0.25, 0.3) is 0 Å². The van der Waals surface area contributed by atoms with Gasteiger partial charge in [0.05, 0.1) is 16.7 Å². The summed E-state index contributed by atoms with van der Waals surface area (Å²) in [5.74, 6) is 0. The van der Waals surface area contributed by atoms with Gasteiger partial charge in [-0.1, -0.05) is 36.2 Å². The molecule has 4 nitrogen and oxygen atoms in total. The minimum atomic E-state index is -3.76. The van der Waals surface area contributed by atoms with Crippen LogP contribution < -0.4 is 4.72 Å². The lowest BCUT2D eigenvalue weighted by Crippen LogP contribution is -2.37. The average Bonchev–Trinajstić information content (AvgIpc) is 2.29. The molecule has 0 saturated heterocycles. The first-order valence-corrected chi connectivity index (χ1v) is 7.23. The highest BCUT2D eigenvalue weighted by Crippen LogP contribution is 2.28. The Morgan fingerprint density at radius 3 is 2.59 bits per heavy atom. The van der Waals surface area contributed by atoms with Crippen LogP contribution in [-0.4, -0.2) is 26.2 Å². The third-order valence-corrected chi connectivity index (χ3v) is 4.73. The Morgan fingerprint density at radius 1 is 1.41 bits per heavy atom. The number of hydrogen-bond donors (Lipinski definition) is 2. The second kappa shape index (κ2) is 6.02. The van der Waals surface area contributed by atoms with Crippen molar-refractivity contribution >= 4 is 33.2 Å². The first kappa shape index (κ1) is 14.7. The van der Waals surface area contributed by atoms with Gasteiger partial charge in [0.15, 0.2) is 0 Å². The number of aliphatic hydroxyl groups excluding tert-OH is 1. The summed E-state index contributed by atoms with van der Waals surface area (Å²) in [5.41, 5.74) is 0. The summed E-state index contributed by atoms with van der Waals surface area (Å²) in [6.07, 6.45) is 0.480. The summed E-state index contributed by atoms with van der Waals surface area (Å²) in [6, 6.07) is 3.84. The maximum absolute atomic E-state index is 12.0. The summed E-state index contributed by atoms with van der Waals surface area (Å²) in [4.78, 5) is -0.0847. The SMILES string of the molecule is CCC(CO)NS(=O)(=O)c1cccc(Cl)c1Cl. The summed E-state index contributed by atoms with van der Waals surface area (Å²) in [5, 5.41) is 9.13. The van der Waals surface area contributed by atoms with Gasteiger partial charge in [-0.05, 0) is 18.6 Å². The number of hydrogen-bond acceptors (Lipinski definition) is 3. The van der Waals surface area contributed by atoms with E-state index < -0.39 is 16.1 Å².